The zero-order chi connectivity index (χ0) is 6.32. The van der Waals surface area contributed by atoms with Crippen molar-refractivity contribution in [3.05, 3.63) is 0 Å². The standard InChI is InChI=1S/C7H11BO/c8-3-6-1-7(2-6)4-9-5-7/h6H,1-5H2. The van der Waals surface area contributed by atoms with E-state index in [1.807, 2.05) is 0 Å². The molecule has 1 saturated heterocycles. The zero-order valence-corrected chi connectivity index (χ0v) is 5.60. The van der Waals surface area contributed by atoms with Gasteiger partial charge in [-0.3, -0.25) is 0 Å². The van der Waals surface area contributed by atoms with E-state index < -0.39 is 0 Å². The molecular formula is C7H11BO. The molecule has 2 radical (unpaired) electrons. The van der Waals surface area contributed by atoms with E-state index >= 15 is 0 Å². The molecule has 1 saturated carbocycles. The molecule has 0 amide bonds. The summed E-state index contributed by atoms with van der Waals surface area (Å²) in [6, 6.07) is 0. The Morgan fingerprint density at radius 1 is 1.44 bits per heavy atom. The normalized spacial score (nSPS) is 31.6. The maximum Gasteiger partial charge on any atom is 0.0656 e. The quantitative estimate of drug-likeness (QED) is 0.471. The van der Waals surface area contributed by atoms with E-state index in [0.717, 1.165) is 25.5 Å². The second-order valence-corrected chi connectivity index (χ2v) is 3.50. The fourth-order valence-corrected chi connectivity index (χ4v) is 1.96. The second kappa shape index (κ2) is 1.75. The van der Waals surface area contributed by atoms with Crippen LogP contribution in [0.5, 0.6) is 0 Å². The lowest BCUT2D eigenvalue weighted by atomic mass is 9.58. The van der Waals surface area contributed by atoms with Gasteiger partial charge in [-0.2, -0.15) is 0 Å². The minimum atomic E-state index is 0.615. The van der Waals surface area contributed by atoms with Crippen LogP contribution in [0.4, 0.5) is 0 Å². The van der Waals surface area contributed by atoms with E-state index in [9.17, 15) is 0 Å². The van der Waals surface area contributed by atoms with Crippen LogP contribution in [0, 0.1) is 11.3 Å². The Hall–Kier alpha value is 0.0249. The summed E-state index contributed by atoms with van der Waals surface area (Å²) < 4.78 is 5.13. The Bertz CT molecular complexity index is 112. The first-order chi connectivity index (χ1) is 4.35. The van der Waals surface area contributed by atoms with Crippen LogP contribution in [-0.2, 0) is 4.74 Å². The van der Waals surface area contributed by atoms with Gasteiger partial charge < -0.3 is 4.74 Å². The van der Waals surface area contributed by atoms with Crippen LogP contribution in [0.2, 0.25) is 6.32 Å². The topological polar surface area (TPSA) is 9.23 Å². The highest BCUT2D eigenvalue weighted by molar-refractivity contribution is 6.08. The van der Waals surface area contributed by atoms with E-state index in [2.05, 4.69) is 0 Å². The van der Waals surface area contributed by atoms with Crippen molar-refractivity contribution in [1.82, 2.24) is 0 Å². The highest BCUT2D eigenvalue weighted by atomic mass is 16.5. The summed E-state index contributed by atoms with van der Waals surface area (Å²) in [5.41, 5.74) is 0.615. The van der Waals surface area contributed by atoms with Crippen molar-refractivity contribution in [3.63, 3.8) is 0 Å². The van der Waals surface area contributed by atoms with Crippen LogP contribution in [-0.4, -0.2) is 21.1 Å². The summed E-state index contributed by atoms with van der Waals surface area (Å²) in [6.45, 7) is 2.01. The molecule has 1 nitrogen and oxygen atoms in total. The van der Waals surface area contributed by atoms with Crippen LogP contribution in [0.3, 0.4) is 0 Å². The highest BCUT2D eigenvalue weighted by Crippen LogP contribution is 2.51. The van der Waals surface area contributed by atoms with Gasteiger partial charge >= 0.3 is 0 Å². The Morgan fingerprint density at radius 3 is 2.44 bits per heavy atom. The maximum absolute atomic E-state index is 5.49. The molecule has 1 aliphatic carbocycles. The van der Waals surface area contributed by atoms with Gasteiger partial charge in [-0.25, -0.2) is 0 Å². The summed E-state index contributed by atoms with van der Waals surface area (Å²) in [5.74, 6) is 0.814. The van der Waals surface area contributed by atoms with Crippen molar-refractivity contribution < 1.29 is 4.74 Å². The van der Waals surface area contributed by atoms with Gasteiger partial charge in [0.05, 0.1) is 21.1 Å². The fraction of sp³-hybridized carbons (Fsp3) is 1.00. The minimum Gasteiger partial charge on any atom is -0.380 e. The van der Waals surface area contributed by atoms with Gasteiger partial charge in [0.15, 0.2) is 0 Å². The molecule has 0 bridgehead atoms. The van der Waals surface area contributed by atoms with E-state index in [1.165, 1.54) is 12.8 Å². The third-order valence-corrected chi connectivity index (χ3v) is 2.59. The molecule has 1 aliphatic heterocycles. The van der Waals surface area contributed by atoms with E-state index in [1.54, 1.807) is 0 Å². The van der Waals surface area contributed by atoms with Crippen molar-refractivity contribution in [2.45, 2.75) is 19.2 Å². The van der Waals surface area contributed by atoms with Crippen molar-refractivity contribution in [2.75, 3.05) is 13.2 Å². The van der Waals surface area contributed by atoms with E-state index in [0.29, 0.717) is 5.41 Å². The summed E-state index contributed by atoms with van der Waals surface area (Å²) in [4.78, 5) is 0. The molecule has 9 heavy (non-hydrogen) atoms. The molecule has 0 aromatic heterocycles. The molecule has 0 aromatic rings. The van der Waals surface area contributed by atoms with Gasteiger partial charge in [-0.15, -0.1) is 0 Å². The van der Waals surface area contributed by atoms with Crippen LogP contribution in [0.25, 0.3) is 0 Å². The van der Waals surface area contributed by atoms with Crippen molar-refractivity contribution in [2.24, 2.45) is 11.3 Å². The Balaban J connectivity index is 1.82. The fourth-order valence-electron chi connectivity index (χ4n) is 1.96. The van der Waals surface area contributed by atoms with Crippen molar-refractivity contribution in [1.29, 1.82) is 0 Å². The molecule has 0 aromatic carbocycles. The summed E-state index contributed by atoms with van der Waals surface area (Å²) >= 11 is 0. The molecule has 2 heteroatoms. The zero-order valence-electron chi connectivity index (χ0n) is 5.60. The van der Waals surface area contributed by atoms with Crippen LogP contribution < -0.4 is 0 Å². The number of hydrogen-bond acceptors (Lipinski definition) is 1. The summed E-state index contributed by atoms with van der Waals surface area (Å²) in [6.07, 6.45) is 3.52. The number of ether oxygens (including phenoxy) is 1. The van der Waals surface area contributed by atoms with Crippen molar-refractivity contribution in [3.8, 4) is 0 Å². The number of rotatable bonds is 1. The predicted molar refractivity (Wildman–Crippen MR) is 36.5 cm³/mol. The van der Waals surface area contributed by atoms with Gasteiger partial charge in [0.2, 0.25) is 0 Å². The molecule has 1 spiro atoms. The van der Waals surface area contributed by atoms with Gasteiger partial charge in [0, 0.05) is 5.41 Å². The van der Waals surface area contributed by atoms with Gasteiger partial charge in [0.25, 0.3) is 0 Å². The van der Waals surface area contributed by atoms with E-state index in [4.69, 9.17) is 12.6 Å². The minimum absolute atomic E-state index is 0.615. The van der Waals surface area contributed by atoms with Crippen LogP contribution in [0.1, 0.15) is 12.8 Å². The molecule has 2 rings (SSSR count). The average Bonchev–Trinajstić information content (AvgIpc) is 1.59. The highest BCUT2D eigenvalue weighted by Gasteiger charge is 2.48. The predicted octanol–water partition coefficient (Wildman–Crippen LogP) is 1.000. The van der Waals surface area contributed by atoms with E-state index in [-0.39, 0.29) is 0 Å². The van der Waals surface area contributed by atoms with Gasteiger partial charge in [-0.1, -0.05) is 6.32 Å². The Labute approximate surface area is 57.2 Å². The molecule has 2 fully saturated rings. The Kier molecular flexibility index (Phi) is 1.13. The van der Waals surface area contributed by atoms with Gasteiger partial charge in [-0.05, 0) is 18.8 Å². The first-order valence-corrected chi connectivity index (χ1v) is 3.62. The Morgan fingerprint density at radius 2 is 2.11 bits per heavy atom. The summed E-state index contributed by atoms with van der Waals surface area (Å²) in [7, 11) is 5.49. The molecule has 0 atom stereocenters. The summed E-state index contributed by atoms with van der Waals surface area (Å²) in [5, 5.41) is 0. The molecule has 48 valence electrons. The molecular weight excluding hydrogens is 111 g/mol. The largest absolute Gasteiger partial charge is 0.380 e. The smallest absolute Gasteiger partial charge is 0.0656 e. The first-order valence-electron chi connectivity index (χ1n) is 3.62. The molecule has 0 N–H and O–H groups in total. The lowest BCUT2D eigenvalue weighted by molar-refractivity contribution is -0.175. The van der Waals surface area contributed by atoms with Crippen LogP contribution >= 0.6 is 0 Å². The lowest BCUT2D eigenvalue weighted by Crippen LogP contribution is -2.51. The van der Waals surface area contributed by atoms with Gasteiger partial charge in [0.1, 0.15) is 0 Å². The molecule has 0 unspecified atom stereocenters. The SMILES string of the molecule is [B]CC1CC2(COC2)C1. The monoisotopic (exact) mass is 122 g/mol. The average molecular weight is 122 g/mol. The molecule has 1 heterocycles. The molecule has 2 aliphatic rings. The maximum atomic E-state index is 5.49. The van der Waals surface area contributed by atoms with Crippen LogP contribution in [0.15, 0.2) is 0 Å². The lowest BCUT2D eigenvalue weighted by Gasteiger charge is -2.53. The first kappa shape index (κ1) is 5.78. The van der Waals surface area contributed by atoms with Crippen molar-refractivity contribution >= 4 is 7.85 Å². The number of hydrogen-bond donors (Lipinski definition) is 0. The third-order valence-electron chi connectivity index (χ3n) is 2.59. The second-order valence-electron chi connectivity index (χ2n) is 3.50. The third kappa shape index (κ3) is 0.726.